The molecule has 1 amide bonds. The highest BCUT2D eigenvalue weighted by molar-refractivity contribution is 5.83. The molecule has 1 aromatic heterocycles. The minimum Gasteiger partial charge on any atom is -0.379 e. The zero-order chi connectivity index (χ0) is 13.7. The third kappa shape index (κ3) is 3.32. The summed E-state index contributed by atoms with van der Waals surface area (Å²) < 4.78 is 5.15. The van der Waals surface area contributed by atoms with E-state index in [4.69, 9.17) is 4.74 Å². The molecule has 1 fully saturated rings. The Labute approximate surface area is 114 Å². The van der Waals surface area contributed by atoms with Crippen molar-refractivity contribution >= 4 is 5.91 Å². The average Bonchev–Trinajstić information content (AvgIpc) is 2.41. The van der Waals surface area contributed by atoms with Gasteiger partial charge in [-0.15, -0.1) is 0 Å². The summed E-state index contributed by atoms with van der Waals surface area (Å²) in [4.78, 5) is 16.4. The van der Waals surface area contributed by atoms with Crippen molar-refractivity contribution in [1.29, 1.82) is 0 Å². The maximum atomic E-state index is 12.3. The predicted octanol–water partition coefficient (Wildman–Crippen LogP) is 2.47. The summed E-state index contributed by atoms with van der Waals surface area (Å²) in [7, 11) is 0. The Morgan fingerprint density at radius 2 is 2.37 bits per heavy atom. The fraction of sp³-hybridized carbons (Fsp3) is 0.600. The second-order valence-electron chi connectivity index (χ2n) is 5.51. The maximum Gasteiger partial charge on any atom is 0.231 e. The molecule has 1 unspecified atom stereocenters. The molecule has 1 aliphatic heterocycles. The van der Waals surface area contributed by atoms with Crippen LogP contribution in [-0.2, 0) is 9.53 Å². The zero-order valence-electron chi connectivity index (χ0n) is 11.7. The monoisotopic (exact) mass is 262 g/mol. The number of nitrogens with zero attached hydrogens (tertiary/aromatic N) is 1. The standard InChI is InChI=1S/C15H22N2O2/c1-3-4-7-13(12-6-5-8-16-9-12)17-14(18)15(2)10-19-11-15/h5-6,8-9,13H,3-4,7,10-11H2,1-2H3,(H,17,18). The number of aromatic nitrogens is 1. The molecule has 1 atom stereocenters. The van der Waals surface area contributed by atoms with Gasteiger partial charge in [0, 0.05) is 12.4 Å². The molecule has 0 bridgehead atoms. The van der Waals surface area contributed by atoms with E-state index in [1.165, 1.54) is 0 Å². The molecule has 0 spiro atoms. The number of pyridine rings is 1. The van der Waals surface area contributed by atoms with Gasteiger partial charge < -0.3 is 10.1 Å². The molecule has 1 saturated heterocycles. The number of hydrogen-bond acceptors (Lipinski definition) is 3. The van der Waals surface area contributed by atoms with Crippen LogP contribution in [0.2, 0.25) is 0 Å². The van der Waals surface area contributed by atoms with Crippen LogP contribution in [0, 0.1) is 5.41 Å². The van der Waals surface area contributed by atoms with Crippen molar-refractivity contribution in [2.24, 2.45) is 5.41 Å². The number of unbranched alkanes of at least 4 members (excludes halogenated alkanes) is 1. The van der Waals surface area contributed by atoms with E-state index in [2.05, 4.69) is 17.2 Å². The molecule has 0 saturated carbocycles. The number of nitrogens with one attached hydrogen (secondary N) is 1. The van der Waals surface area contributed by atoms with Crippen LogP contribution in [0.25, 0.3) is 0 Å². The highest BCUT2D eigenvalue weighted by Crippen LogP contribution is 2.28. The van der Waals surface area contributed by atoms with Crippen molar-refractivity contribution in [2.45, 2.75) is 39.2 Å². The van der Waals surface area contributed by atoms with E-state index in [0.717, 1.165) is 24.8 Å². The van der Waals surface area contributed by atoms with Crippen LogP contribution in [0.1, 0.15) is 44.7 Å². The molecule has 1 aromatic rings. The molecule has 4 nitrogen and oxygen atoms in total. The molecule has 104 valence electrons. The van der Waals surface area contributed by atoms with Crippen molar-refractivity contribution in [1.82, 2.24) is 10.3 Å². The van der Waals surface area contributed by atoms with E-state index in [9.17, 15) is 4.79 Å². The minimum absolute atomic E-state index is 0.0542. The molecule has 0 aliphatic carbocycles. The van der Waals surface area contributed by atoms with Crippen LogP contribution in [0.4, 0.5) is 0 Å². The highest BCUT2D eigenvalue weighted by Gasteiger charge is 2.41. The largest absolute Gasteiger partial charge is 0.379 e. The van der Waals surface area contributed by atoms with Crippen LogP contribution < -0.4 is 5.32 Å². The molecule has 4 heteroatoms. The third-order valence-electron chi connectivity index (χ3n) is 3.63. The topological polar surface area (TPSA) is 51.2 Å². The summed E-state index contributed by atoms with van der Waals surface area (Å²) in [6.45, 7) is 5.15. The fourth-order valence-corrected chi connectivity index (χ4v) is 2.18. The van der Waals surface area contributed by atoms with Crippen LogP contribution >= 0.6 is 0 Å². The minimum atomic E-state index is -0.354. The van der Waals surface area contributed by atoms with Gasteiger partial charge in [-0.3, -0.25) is 9.78 Å². The van der Waals surface area contributed by atoms with Gasteiger partial charge in [0.2, 0.25) is 5.91 Å². The lowest BCUT2D eigenvalue weighted by Gasteiger charge is -2.37. The Kier molecular flexibility index (Phi) is 4.53. The zero-order valence-corrected chi connectivity index (χ0v) is 11.7. The van der Waals surface area contributed by atoms with E-state index < -0.39 is 0 Å². The first kappa shape index (κ1) is 14.0. The summed E-state index contributed by atoms with van der Waals surface area (Å²) in [6.07, 6.45) is 6.74. The van der Waals surface area contributed by atoms with Gasteiger partial charge in [0.05, 0.1) is 24.7 Å². The van der Waals surface area contributed by atoms with E-state index in [0.29, 0.717) is 13.2 Å². The first-order valence-electron chi connectivity index (χ1n) is 6.94. The number of rotatable bonds is 6. The SMILES string of the molecule is CCCCC(NC(=O)C1(C)COC1)c1cccnc1. The molecule has 0 radical (unpaired) electrons. The lowest BCUT2D eigenvalue weighted by molar-refractivity contribution is -0.158. The second kappa shape index (κ2) is 6.15. The van der Waals surface area contributed by atoms with Crippen molar-refractivity contribution in [3.05, 3.63) is 30.1 Å². The smallest absolute Gasteiger partial charge is 0.231 e. The number of amides is 1. The average molecular weight is 262 g/mol. The normalized spacial score (nSPS) is 18.4. The van der Waals surface area contributed by atoms with Gasteiger partial charge in [-0.2, -0.15) is 0 Å². The van der Waals surface area contributed by atoms with Gasteiger partial charge >= 0.3 is 0 Å². The predicted molar refractivity (Wildman–Crippen MR) is 73.6 cm³/mol. The highest BCUT2D eigenvalue weighted by atomic mass is 16.5. The van der Waals surface area contributed by atoms with Crippen molar-refractivity contribution in [2.75, 3.05) is 13.2 Å². The van der Waals surface area contributed by atoms with Crippen molar-refractivity contribution in [3.63, 3.8) is 0 Å². The lowest BCUT2D eigenvalue weighted by Crippen LogP contribution is -2.52. The maximum absolute atomic E-state index is 12.3. The van der Waals surface area contributed by atoms with Gasteiger partial charge in [-0.05, 0) is 25.0 Å². The molecule has 1 aliphatic rings. The van der Waals surface area contributed by atoms with Crippen LogP contribution in [0.3, 0.4) is 0 Å². The molecule has 2 heterocycles. The van der Waals surface area contributed by atoms with Gasteiger partial charge in [-0.25, -0.2) is 0 Å². The lowest BCUT2D eigenvalue weighted by atomic mass is 9.87. The Balaban J connectivity index is 2.03. The van der Waals surface area contributed by atoms with E-state index in [1.54, 1.807) is 6.20 Å². The van der Waals surface area contributed by atoms with Crippen LogP contribution in [0.15, 0.2) is 24.5 Å². The van der Waals surface area contributed by atoms with Gasteiger partial charge in [-0.1, -0.05) is 25.8 Å². The molecule has 1 N–H and O–H groups in total. The fourth-order valence-electron chi connectivity index (χ4n) is 2.18. The first-order valence-corrected chi connectivity index (χ1v) is 6.94. The Morgan fingerprint density at radius 3 is 2.89 bits per heavy atom. The Hall–Kier alpha value is -1.42. The number of ether oxygens (including phenoxy) is 1. The first-order chi connectivity index (χ1) is 9.15. The van der Waals surface area contributed by atoms with Gasteiger partial charge in [0.15, 0.2) is 0 Å². The third-order valence-corrected chi connectivity index (χ3v) is 3.63. The quantitative estimate of drug-likeness (QED) is 0.856. The van der Waals surface area contributed by atoms with E-state index in [-0.39, 0.29) is 17.4 Å². The molecule has 2 rings (SSSR count). The van der Waals surface area contributed by atoms with E-state index >= 15 is 0 Å². The number of carbonyl (C=O) groups excluding carboxylic acids is 1. The van der Waals surface area contributed by atoms with Gasteiger partial charge in [0.25, 0.3) is 0 Å². The van der Waals surface area contributed by atoms with Crippen LogP contribution in [0.5, 0.6) is 0 Å². The summed E-state index contributed by atoms with van der Waals surface area (Å²) >= 11 is 0. The second-order valence-corrected chi connectivity index (χ2v) is 5.51. The van der Waals surface area contributed by atoms with Gasteiger partial charge in [0.1, 0.15) is 0 Å². The summed E-state index contributed by atoms with van der Waals surface area (Å²) in [6, 6.07) is 3.99. The molecule has 0 aromatic carbocycles. The summed E-state index contributed by atoms with van der Waals surface area (Å²) in [5.41, 5.74) is 0.722. The number of carbonyl (C=O) groups is 1. The molecular formula is C15H22N2O2. The Bertz CT molecular complexity index is 415. The van der Waals surface area contributed by atoms with E-state index in [1.807, 2.05) is 25.3 Å². The summed E-state index contributed by atoms with van der Waals surface area (Å²) in [5, 5.41) is 3.15. The number of hydrogen-bond donors (Lipinski definition) is 1. The molecule has 19 heavy (non-hydrogen) atoms. The molecular weight excluding hydrogens is 240 g/mol. The van der Waals surface area contributed by atoms with Crippen molar-refractivity contribution in [3.8, 4) is 0 Å². The van der Waals surface area contributed by atoms with Crippen molar-refractivity contribution < 1.29 is 9.53 Å². The van der Waals surface area contributed by atoms with Crippen LogP contribution in [-0.4, -0.2) is 24.1 Å². The Morgan fingerprint density at radius 1 is 1.58 bits per heavy atom. The summed E-state index contributed by atoms with van der Waals surface area (Å²) in [5.74, 6) is 0.0868.